The van der Waals surface area contributed by atoms with Crippen molar-refractivity contribution in [1.82, 2.24) is 4.90 Å². The molecule has 0 fully saturated rings. The molecule has 0 saturated carbocycles. The zero-order valence-electron chi connectivity index (χ0n) is 13.0. The number of imide groups is 1. The largest absolute Gasteiger partial charge is 0.272 e. The second-order valence-corrected chi connectivity index (χ2v) is 7.09. The molecule has 0 saturated heterocycles. The van der Waals surface area contributed by atoms with Crippen molar-refractivity contribution in [3.05, 3.63) is 51.6 Å². The molecular formula is C15H12N2O7S. The van der Waals surface area contributed by atoms with E-state index in [9.17, 15) is 28.1 Å². The molecule has 1 aliphatic heterocycles. The lowest BCUT2D eigenvalue weighted by Gasteiger charge is -2.26. The van der Waals surface area contributed by atoms with E-state index in [1.54, 1.807) is 12.1 Å². The fourth-order valence-electron chi connectivity index (χ4n) is 2.73. The van der Waals surface area contributed by atoms with E-state index in [-0.39, 0.29) is 23.4 Å². The van der Waals surface area contributed by atoms with Crippen LogP contribution in [0.3, 0.4) is 0 Å². The Morgan fingerprint density at radius 1 is 1.16 bits per heavy atom. The maximum atomic E-state index is 12.6. The molecule has 0 N–H and O–H groups in total. The maximum absolute atomic E-state index is 12.6. The summed E-state index contributed by atoms with van der Waals surface area (Å²) in [6.07, 6.45) is 0.853. The molecule has 0 atom stereocenters. The van der Waals surface area contributed by atoms with Crippen molar-refractivity contribution in [2.45, 2.75) is 0 Å². The number of amides is 2. The van der Waals surface area contributed by atoms with E-state index in [4.69, 9.17) is 0 Å². The third-order valence-corrected chi connectivity index (χ3v) is 4.33. The molecule has 130 valence electrons. The first-order valence-electron chi connectivity index (χ1n) is 7.11. The second-order valence-electron chi connectivity index (χ2n) is 5.44. The summed E-state index contributed by atoms with van der Waals surface area (Å²) in [6.45, 7) is -0.681. The van der Waals surface area contributed by atoms with Crippen molar-refractivity contribution in [2.24, 2.45) is 0 Å². The van der Waals surface area contributed by atoms with Gasteiger partial charge in [0.25, 0.3) is 27.6 Å². The Morgan fingerprint density at radius 2 is 1.84 bits per heavy atom. The monoisotopic (exact) mass is 364 g/mol. The minimum Gasteiger partial charge on any atom is -0.272 e. The fourth-order valence-corrected chi connectivity index (χ4v) is 3.11. The molecule has 0 unspecified atom stereocenters. The van der Waals surface area contributed by atoms with Crippen LogP contribution in [0.4, 0.5) is 5.69 Å². The Bertz CT molecular complexity index is 1030. The van der Waals surface area contributed by atoms with Gasteiger partial charge in [-0.1, -0.05) is 12.1 Å². The summed E-state index contributed by atoms with van der Waals surface area (Å²) < 4.78 is 26.6. The normalized spacial score (nSPS) is 14.2. The van der Waals surface area contributed by atoms with Crippen LogP contribution >= 0.6 is 0 Å². The Kier molecular flexibility index (Phi) is 4.01. The lowest BCUT2D eigenvalue weighted by Crippen LogP contribution is -2.42. The van der Waals surface area contributed by atoms with E-state index in [1.807, 2.05) is 0 Å². The number of non-ortho nitro benzene ring substituents is 1. The van der Waals surface area contributed by atoms with Gasteiger partial charge < -0.3 is 0 Å². The smallest absolute Gasteiger partial charge is 0.270 e. The number of nitro benzene ring substituents is 1. The van der Waals surface area contributed by atoms with Gasteiger partial charge in [-0.2, -0.15) is 8.42 Å². The van der Waals surface area contributed by atoms with Crippen molar-refractivity contribution >= 4 is 38.4 Å². The number of hydrogen-bond donors (Lipinski definition) is 0. The molecule has 0 radical (unpaired) electrons. The molecule has 2 aromatic carbocycles. The van der Waals surface area contributed by atoms with Gasteiger partial charge in [0.2, 0.25) is 0 Å². The Balaban J connectivity index is 2.07. The summed E-state index contributed by atoms with van der Waals surface area (Å²) in [4.78, 5) is 36.5. The van der Waals surface area contributed by atoms with Gasteiger partial charge in [0.05, 0.1) is 29.9 Å². The third kappa shape index (κ3) is 3.08. The van der Waals surface area contributed by atoms with Crippen LogP contribution in [0.2, 0.25) is 0 Å². The van der Waals surface area contributed by atoms with E-state index in [0.29, 0.717) is 10.8 Å². The summed E-state index contributed by atoms with van der Waals surface area (Å²) in [6, 6.07) is 7.07. The van der Waals surface area contributed by atoms with Crippen molar-refractivity contribution in [1.29, 1.82) is 0 Å². The van der Waals surface area contributed by atoms with E-state index in [1.165, 1.54) is 12.1 Å². The van der Waals surface area contributed by atoms with Crippen LogP contribution in [0.5, 0.6) is 0 Å². The summed E-state index contributed by atoms with van der Waals surface area (Å²) in [5.74, 6) is -1.33. The number of nitrogens with zero attached hydrogens (tertiary/aromatic N) is 2. The number of carbonyl (C=O) groups is 2. The quantitative estimate of drug-likeness (QED) is 0.339. The van der Waals surface area contributed by atoms with E-state index in [0.717, 1.165) is 17.2 Å². The molecule has 1 heterocycles. The molecule has 0 aromatic heterocycles. The average Bonchev–Trinajstić information content (AvgIpc) is 2.54. The first-order chi connectivity index (χ1) is 11.7. The maximum Gasteiger partial charge on any atom is 0.270 e. The highest BCUT2D eigenvalue weighted by atomic mass is 32.2. The summed E-state index contributed by atoms with van der Waals surface area (Å²) in [5, 5.41) is 11.8. The molecule has 1 aliphatic rings. The number of hydrogen-bond acceptors (Lipinski definition) is 7. The fraction of sp³-hybridized carbons (Fsp3) is 0.200. The van der Waals surface area contributed by atoms with Crippen LogP contribution in [0.15, 0.2) is 30.3 Å². The molecule has 25 heavy (non-hydrogen) atoms. The minimum absolute atomic E-state index is 0.0266. The van der Waals surface area contributed by atoms with E-state index in [2.05, 4.69) is 4.18 Å². The van der Waals surface area contributed by atoms with Crippen molar-refractivity contribution in [3.63, 3.8) is 0 Å². The predicted molar refractivity (Wildman–Crippen MR) is 86.8 cm³/mol. The molecule has 3 rings (SSSR count). The van der Waals surface area contributed by atoms with Crippen molar-refractivity contribution in [2.75, 3.05) is 19.4 Å². The molecule has 9 nitrogen and oxygen atoms in total. The Morgan fingerprint density at radius 3 is 2.48 bits per heavy atom. The first-order valence-corrected chi connectivity index (χ1v) is 8.92. The SMILES string of the molecule is CS(=O)(=O)OCCN1C(=O)c2cccc3cc([N+](=O)[O-])cc(c23)C1=O. The molecule has 10 heteroatoms. The van der Waals surface area contributed by atoms with Crippen LogP contribution in [-0.4, -0.2) is 49.5 Å². The van der Waals surface area contributed by atoms with Crippen molar-refractivity contribution in [3.8, 4) is 0 Å². The summed E-state index contributed by atoms with van der Waals surface area (Å²) in [5.41, 5.74) is -0.0187. The highest BCUT2D eigenvalue weighted by Gasteiger charge is 2.34. The molecule has 0 bridgehead atoms. The lowest BCUT2D eigenvalue weighted by molar-refractivity contribution is -0.384. The zero-order valence-corrected chi connectivity index (χ0v) is 13.8. The van der Waals surface area contributed by atoms with Crippen LogP contribution in [0, 0.1) is 10.1 Å². The van der Waals surface area contributed by atoms with Crippen LogP contribution in [0.25, 0.3) is 10.8 Å². The van der Waals surface area contributed by atoms with Gasteiger partial charge in [0, 0.05) is 23.1 Å². The van der Waals surface area contributed by atoms with Gasteiger partial charge in [0.15, 0.2) is 0 Å². The van der Waals surface area contributed by atoms with Gasteiger partial charge in [-0.05, 0) is 11.5 Å². The number of benzene rings is 2. The van der Waals surface area contributed by atoms with Gasteiger partial charge in [-0.15, -0.1) is 0 Å². The van der Waals surface area contributed by atoms with E-state index < -0.39 is 33.5 Å². The lowest BCUT2D eigenvalue weighted by atomic mass is 9.93. The van der Waals surface area contributed by atoms with Crippen LogP contribution < -0.4 is 0 Å². The summed E-state index contributed by atoms with van der Waals surface area (Å²) in [7, 11) is -3.72. The van der Waals surface area contributed by atoms with Crippen LogP contribution in [-0.2, 0) is 14.3 Å². The van der Waals surface area contributed by atoms with Gasteiger partial charge in [-0.25, -0.2) is 0 Å². The third-order valence-electron chi connectivity index (χ3n) is 3.74. The number of carbonyl (C=O) groups excluding carboxylic acids is 2. The number of nitro groups is 1. The first kappa shape index (κ1) is 17.0. The molecular weight excluding hydrogens is 352 g/mol. The van der Waals surface area contributed by atoms with Gasteiger partial charge in [0.1, 0.15) is 0 Å². The molecule has 0 aliphatic carbocycles. The van der Waals surface area contributed by atoms with E-state index >= 15 is 0 Å². The second kappa shape index (κ2) is 5.90. The molecule has 2 amide bonds. The van der Waals surface area contributed by atoms with Crippen LogP contribution in [0.1, 0.15) is 20.7 Å². The average molecular weight is 364 g/mol. The zero-order chi connectivity index (χ0) is 18.4. The minimum atomic E-state index is -3.72. The molecule has 2 aromatic rings. The Hall–Kier alpha value is -2.85. The Labute approximate surface area is 142 Å². The standard InChI is InChI=1S/C15H12N2O7S/c1-25(22,23)24-6-5-16-14(18)11-4-2-3-9-7-10(17(20)21)8-12(13(9)11)15(16)19/h2-4,7-8H,5-6H2,1H3. The van der Waals surface area contributed by atoms with Gasteiger partial charge >= 0.3 is 0 Å². The topological polar surface area (TPSA) is 124 Å². The highest BCUT2D eigenvalue weighted by Crippen LogP contribution is 2.33. The van der Waals surface area contributed by atoms with Crippen molar-refractivity contribution < 1.29 is 27.1 Å². The van der Waals surface area contributed by atoms with Gasteiger partial charge in [-0.3, -0.25) is 28.8 Å². The predicted octanol–water partition coefficient (Wildman–Crippen LogP) is 1.32. The molecule has 0 spiro atoms. The number of rotatable bonds is 5. The summed E-state index contributed by atoms with van der Waals surface area (Å²) >= 11 is 0. The highest BCUT2D eigenvalue weighted by molar-refractivity contribution is 7.85.